The van der Waals surface area contributed by atoms with Crippen LogP contribution in [-0.2, 0) is 19.4 Å². The van der Waals surface area contributed by atoms with Gasteiger partial charge >= 0.3 is 5.97 Å². The topological polar surface area (TPSA) is 63.7 Å². The summed E-state index contributed by atoms with van der Waals surface area (Å²) in [4.78, 5) is 17.2. The fourth-order valence-corrected chi connectivity index (χ4v) is 6.39. The Morgan fingerprint density at radius 2 is 1.59 bits per heavy atom. The van der Waals surface area contributed by atoms with Gasteiger partial charge in [0, 0.05) is 22.9 Å². The molecular formula is C22H27NO4S2. The molecule has 29 heavy (non-hydrogen) atoms. The summed E-state index contributed by atoms with van der Waals surface area (Å²) in [5, 5.41) is 0. The number of carbonyl (C=O) groups is 1. The third-order valence-electron chi connectivity index (χ3n) is 5.39. The Labute approximate surface area is 177 Å². The summed E-state index contributed by atoms with van der Waals surface area (Å²) in [6.07, 6.45) is 0.505. The number of likely N-dealkylation sites (tertiary alicyclic amines) is 1. The maximum atomic E-state index is 13.6. The lowest BCUT2D eigenvalue weighted by Gasteiger charge is -2.38. The minimum absolute atomic E-state index is 0.167. The van der Waals surface area contributed by atoms with Crippen LogP contribution in [0.4, 0.5) is 0 Å². The van der Waals surface area contributed by atoms with Crippen LogP contribution in [-0.4, -0.2) is 50.3 Å². The molecule has 0 saturated carbocycles. The summed E-state index contributed by atoms with van der Waals surface area (Å²) >= 11 is 1.57. The second kappa shape index (κ2) is 9.32. The number of hydrogen-bond donors (Lipinski definition) is 0. The van der Waals surface area contributed by atoms with Crippen molar-refractivity contribution >= 4 is 27.6 Å². The van der Waals surface area contributed by atoms with Crippen LogP contribution in [0.3, 0.4) is 0 Å². The molecule has 2 aromatic carbocycles. The maximum Gasteiger partial charge on any atom is 0.327 e. The van der Waals surface area contributed by atoms with Gasteiger partial charge in [-0.1, -0.05) is 36.9 Å². The largest absolute Gasteiger partial charge is 0.465 e. The van der Waals surface area contributed by atoms with Crippen molar-refractivity contribution in [2.24, 2.45) is 0 Å². The molecule has 5 nitrogen and oxygen atoms in total. The van der Waals surface area contributed by atoms with E-state index in [0.717, 1.165) is 16.3 Å². The third kappa shape index (κ3) is 4.52. The number of piperidine rings is 1. The first-order valence-corrected chi connectivity index (χ1v) is 12.2. The first-order valence-electron chi connectivity index (χ1n) is 9.90. The van der Waals surface area contributed by atoms with Crippen LogP contribution in [0, 0.1) is 0 Å². The first-order chi connectivity index (χ1) is 13.9. The summed E-state index contributed by atoms with van der Waals surface area (Å²) in [5.41, 5.74) is 0. The minimum Gasteiger partial charge on any atom is -0.465 e. The molecule has 0 unspecified atom stereocenters. The lowest BCUT2D eigenvalue weighted by molar-refractivity contribution is -0.147. The number of sulfone groups is 1. The SMILES string of the molecule is CCOC(=O)C1(S(=O)(=O)c2ccc(Sc3ccccc3)cc2)CCN(CC)CC1. The Morgan fingerprint density at radius 1 is 1.00 bits per heavy atom. The van der Waals surface area contributed by atoms with E-state index in [1.165, 1.54) is 0 Å². The predicted octanol–water partition coefficient (Wildman–Crippen LogP) is 4.03. The highest BCUT2D eigenvalue weighted by molar-refractivity contribution is 7.99. The number of nitrogens with zero attached hydrogens (tertiary/aromatic N) is 1. The minimum atomic E-state index is -3.88. The third-order valence-corrected chi connectivity index (χ3v) is 8.90. The number of carbonyl (C=O) groups excluding carboxylic acids is 1. The molecule has 1 aliphatic rings. The normalized spacial score (nSPS) is 17.0. The van der Waals surface area contributed by atoms with Gasteiger partial charge in [-0.05, 0) is 62.7 Å². The summed E-state index contributed by atoms with van der Waals surface area (Å²) in [7, 11) is -3.88. The summed E-state index contributed by atoms with van der Waals surface area (Å²) in [6, 6.07) is 16.7. The van der Waals surface area contributed by atoms with E-state index in [1.54, 1.807) is 43.0 Å². The molecule has 1 saturated heterocycles. The van der Waals surface area contributed by atoms with Crippen molar-refractivity contribution < 1.29 is 17.9 Å². The lowest BCUT2D eigenvalue weighted by atomic mass is 9.95. The molecule has 0 radical (unpaired) electrons. The Balaban J connectivity index is 1.88. The van der Waals surface area contributed by atoms with Crippen LogP contribution in [0.5, 0.6) is 0 Å². The van der Waals surface area contributed by atoms with Crippen molar-refractivity contribution in [2.75, 3.05) is 26.2 Å². The monoisotopic (exact) mass is 433 g/mol. The van der Waals surface area contributed by atoms with Gasteiger partial charge in [-0.25, -0.2) is 8.42 Å². The Bertz CT molecular complexity index is 919. The van der Waals surface area contributed by atoms with E-state index in [9.17, 15) is 13.2 Å². The van der Waals surface area contributed by atoms with Crippen molar-refractivity contribution in [1.82, 2.24) is 4.90 Å². The van der Waals surface area contributed by atoms with Gasteiger partial charge < -0.3 is 9.64 Å². The second-order valence-corrected chi connectivity index (χ2v) is 10.4. The van der Waals surface area contributed by atoms with E-state index in [1.807, 2.05) is 37.3 Å². The highest BCUT2D eigenvalue weighted by atomic mass is 32.2. The molecule has 156 valence electrons. The smallest absolute Gasteiger partial charge is 0.327 e. The summed E-state index contributed by atoms with van der Waals surface area (Å²) in [6.45, 7) is 5.88. The average molecular weight is 434 g/mol. The van der Waals surface area contributed by atoms with E-state index in [-0.39, 0.29) is 24.3 Å². The Kier molecular flexibility index (Phi) is 7.03. The Morgan fingerprint density at radius 3 is 2.14 bits per heavy atom. The predicted molar refractivity (Wildman–Crippen MR) is 115 cm³/mol. The number of benzene rings is 2. The van der Waals surface area contributed by atoms with Gasteiger partial charge in [-0.2, -0.15) is 0 Å². The molecule has 3 rings (SSSR count). The molecule has 1 aliphatic heterocycles. The summed E-state index contributed by atoms with van der Waals surface area (Å²) in [5.74, 6) is -0.626. The number of hydrogen-bond acceptors (Lipinski definition) is 6. The fraction of sp³-hybridized carbons (Fsp3) is 0.409. The zero-order valence-electron chi connectivity index (χ0n) is 16.8. The van der Waals surface area contributed by atoms with Gasteiger partial charge in [0.25, 0.3) is 0 Å². The Hall–Kier alpha value is -1.83. The zero-order valence-corrected chi connectivity index (χ0v) is 18.5. The van der Waals surface area contributed by atoms with Gasteiger partial charge in [0.2, 0.25) is 0 Å². The molecule has 0 aliphatic carbocycles. The average Bonchev–Trinajstić information content (AvgIpc) is 2.75. The van der Waals surface area contributed by atoms with Gasteiger partial charge in [-0.3, -0.25) is 4.79 Å². The van der Waals surface area contributed by atoms with Crippen molar-refractivity contribution in [3.05, 3.63) is 54.6 Å². The van der Waals surface area contributed by atoms with Crippen molar-refractivity contribution in [3.63, 3.8) is 0 Å². The molecule has 1 heterocycles. The molecule has 0 atom stereocenters. The highest BCUT2D eigenvalue weighted by Gasteiger charge is 2.53. The van der Waals surface area contributed by atoms with Crippen molar-refractivity contribution in [1.29, 1.82) is 0 Å². The van der Waals surface area contributed by atoms with Crippen LogP contribution in [0.15, 0.2) is 69.3 Å². The van der Waals surface area contributed by atoms with E-state index in [2.05, 4.69) is 4.90 Å². The summed E-state index contributed by atoms with van der Waals surface area (Å²) < 4.78 is 30.8. The molecule has 2 aromatic rings. The van der Waals surface area contributed by atoms with Crippen LogP contribution in [0.1, 0.15) is 26.7 Å². The van der Waals surface area contributed by atoms with Crippen molar-refractivity contribution in [3.8, 4) is 0 Å². The van der Waals surface area contributed by atoms with E-state index in [4.69, 9.17) is 4.74 Å². The molecule has 0 spiro atoms. The molecule has 1 fully saturated rings. The number of ether oxygens (including phenoxy) is 1. The molecule has 0 N–H and O–H groups in total. The zero-order chi connectivity index (χ0) is 20.9. The fourth-order valence-electron chi connectivity index (χ4n) is 3.61. The molecule has 0 bridgehead atoms. The van der Waals surface area contributed by atoms with Crippen LogP contribution in [0.2, 0.25) is 0 Å². The van der Waals surface area contributed by atoms with Gasteiger partial charge in [0.1, 0.15) is 0 Å². The molecule has 0 aromatic heterocycles. The maximum absolute atomic E-state index is 13.6. The standard InChI is InChI=1S/C22H27NO4S2/c1-3-23-16-14-22(15-17-23,21(24)27-4-2)29(25,26)20-12-10-19(11-13-20)28-18-8-6-5-7-9-18/h5-13H,3-4,14-17H2,1-2H3. The van der Waals surface area contributed by atoms with Gasteiger partial charge in [0.15, 0.2) is 14.6 Å². The highest BCUT2D eigenvalue weighted by Crippen LogP contribution is 2.38. The van der Waals surface area contributed by atoms with Crippen LogP contribution >= 0.6 is 11.8 Å². The molecule has 0 amide bonds. The van der Waals surface area contributed by atoms with E-state index < -0.39 is 20.6 Å². The molecular weight excluding hydrogens is 406 g/mol. The van der Waals surface area contributed by atoms with Crippen molar-refractivity contribution in [2.45, 2.75) is 46.1 Å². The quantitative estimate of drug-likeness (QED) is 0.615. The second-order valence-electron chi connectivity index (χ2n) is 7.04. The number of rotatable bonds is 7. The van der Waals surface area contributed by atoms with Gasteiger partial charge in [0.05, 0.1) is 11.5 Å². The molecule has 7 heteroatoms. The van der Waals surface area contributed by atoms with Crippen LogP contribution < -0.4 is 0 Å². The van der Waals surface area contributed by atoms with E-state index >= 15 is 0 Å². The van der Waals surface area contributed by atoms with Gasteiger partial charge in [-0.15, -0.1) is 0 Å². The lowest BCUT2D eigenvalue weighted by Crippen LogP contribution is -2.55. The first kappa shape index (κ1) is 21.9. The van der Waals surface area contributed by atoms with E-state index in [0.29, 0.717) is 13.1 Å². The van der Waals surface area contributed by atoms with Crippen LogP contribution in [0.25, 0.3) is 0 Å². The number of esters is 1.